The molecule has 11 nitrogen and oxygen atoms in total. The number of anilines is 2. The van der Waals surface area contributed by atoms with Gasteiger partial charge < -0.3 is 29.7 Å². The standard InChI is InChI=1S/C24H25N5O6/c1-25-23(31)15-3-2-4-16(11-15)26-21(30)14-29-18-13-20-19(34-9-10-35-20)12-17(18)27-22(24(29)32)28-5-7-33-8-6-28/h2-4,11-13H,5-10,14H2,1H3,(H,25,31)(H,26,30). The quantitative estimate of drug-likeness (QED) is 0.556. The topological polar surface area (TPSA) is 124 Å². The number of aromatic nitrogens is 2. The first-order valence-electron chi connectivity index (χ1n) is 11.3. The molecule has 1 aromatic heterocycles. The summed E-state index contributed by atoms with van der Waals surface area (Å²) in [5.74, 6) is 0.615. The summed E-state index contributed by atoms with van der Waals surface area (Å²) in [7, 11) is 1.54. The zero-order valence-corrected chi connectivity index (χ0v) is 19.2. The van der Waals surface area contributed by atoms with Crippen molar-refractivity contribution in [3.63, 3.8) is 0 Å². The largest absolute Gasteiger partial charge is 0.486 e. The van der Waals surface area contributed by atoms with Crippen LogP contribution in [0.4, 0.5) is 11.5 Å². The van der Waals surface area contributed by atoms with Crippen LogP contribution in [-0.2, 0) is 16.1 Å². The van der Waals surface area contributed by atoms with Gasteiger partial charge in [-0.2, -0.15) is 0 Å². The lowest BCUT2D eigenvalue weighted by atomic mass is 10.2. The Bertz CT molecular complexity index is 1350. The summed E-state index contributed by atoms with van der Waals surface area (Å²) in [6, 6.07) is 9.99. The Balaban J connectivity index is 1.52. The van der Waals surface area contributed by atoms with Gasteiger partial charge in [-0.1, -0.05) is 6.07 Å². The number of carbonyl (C=O) groups excluding carboxylic acids is 2. The number of fused-ring (bicyclic) bond motifs is 2. The number of rotatable bonds is 5. The lowest BCUT2D eigenvalue weighted by Crippen LogP contribution is -2.42. The van der Waals surface area contributed by atoms with Gasteiger partial charge in [0.15, 0.2) is 17.3 Å². The average Bonchev–Trinajstić information content (AvgIpc) is 2.89. The number of carbonyl (C=O) groups is 2. The number of amides is 2. The van der Waals surface area contributed by atoms with E-state index in [0.717, 1.165) is 0 Å². The van der Waals surface area contributed by atoms with Crippen molar-refractivity contribution >= 4 is 34.4 Å². The first kappa shape index (κ1) is 22.7. The van der Waals surface area contributed by atoms with E-state index >= 15 is 0 Å². The van der Waals surface area contributed by atoms with Crippen LogP contribution >= 0.6 is 0 Å². The van der Waals surface area contributed by atoms with E-state index in [4.69, 9.17) is 14.2 Å². The SMILES string of the molecule is CNC(=O)c1cccc(NC(=O)Cn2c(=O)c(N3CCOCC3)nc3cc4c(cc32)OCCO4)c1. The molecule has 2 N–H and O–H groups in total. The van der Waals surface area contributed by atoms with Crippen molar-refractivity contribution in [3.05, 3.63) is 52.3 Å². The molecule has 0 radical (unpaired) electrons. The van der Waals surface area contributed by atoms with Crippen molar-refractivity contribution in [2.75, 3.05) is 56.8 Å². The van der Waals surface area contributed by atoms with Gasteiger partial charge in [-0.15, -0.1) is 0 Å². The van der Waals surface area contributed by atoms with Gasteiger partial charge in [-0.25, -0.2) is 4.98 Å². The molecule has 3 heterocycles. The summed E-state index contributed by atoms with van der Waals surface area (Å²) in [5.41, 5.74) is 1.46. The first-order chi connectivity index (χ1) is 17.0. The summed E-state index contributed by atoms with van der Waals surface area (Å²) in [5, 5.41) is 5.33. The molecule has 1 fully saturated rings. The molecule has 0 atom stereocenters. The molecule has 0 spiro atoms. The summed E-state index contributed by atoms with van der Waals surface area (Å²) in [6.45, 7) is 2.59. The average molecular weight is 479 g/mol. The highest BCUT2D eigenvalue weighted by Crippen LogP contribution is 2.34. The number of ether oxygens (including phenoxy) is 3. The Morgan fingerprint density at radius 1 is 1.03 bits per heavy atom. The summed E-state index contributed by atoms with van der Waals surface area (Å²) in [4.78, 5) is 45.0. The lowest BCUT2D eigenvalue weighted by Gasteiger charge is -2.28. The van der Waals surface area contributed by atoms with Crippen LogP contribution < -0.4 is 30.6 Å². The maximum atomic E-state index is 13.5. The Labute approximate surface area is 200 Å². The Morgan fingerprint density at radius 2 is 1.77 bits per heavy atom. The Kier molecular flexibility index (Phi) is 6.23. The van der Waals surface area contributed by atoms with Crippen molar-refractivity contribution in [1.82, 2.24) is 14.9 Å². The molecule has 0 bridgehead atoms. The Morgan fingerprint density at radius 3 is 2.51 bits per heavy atom. The molecular weight excluding hydrogens is 454 g/mol. The summed E-state index contributed by atoms with van der Waals surface area (Å²) in [6.07, 6.45) is 0. The molecule has 2 amide bonds. The van der Waals surface area contributed by atoms with E-state index in [1.165, 1.54) is 11.6 Å². The normalized spacial score (nSPS) is 15.1. The lowest BCUT2D eigenvalue weighted by molar-refractivity contribution is -0.116. The van der Waals surface area contributed by atoms with Crippen LogP contribution in [0.15, 0.2) is 41.2 Å². The van der Waals surface area contributed by atoms with Crippen molar-refractivity contribution < 1.29 is 23.8 Å². The number of benzene rings is 2. The van der Waals surface area contributed by atoms with Crippen molar-refractivity contribution in [1.29, 1.82) is 0 Å². The van der Waals surface area contributed by atoms with E-state index in [9.17, 15) is 14.4 Å². The van der Waals surface area contributed by atoms with Gasteiger partial charge in [-0.05, 0) is 18.2 Å². The highest BCUT2D eigenvalue weighted by molar-refractivity contribution is 5.97. The summed E-state index contributed by atoms with van der Waals surface area (Å²) < 4.78 is 18.2. The fourth-order valence-corrected chi connectivity index (χ4v) is 4.13. The molecule has 2 aromatic carbocycles. The number of hydrogen-bond acceptors (Lipinski definition) is 8. The zero-order valence-electron chi connectivity index (χ0n) is 19.2. The molecule has 11 heteroatoms. The minimum Gasteiger partial charge on any atom is -0.486 e. The predicted molar refractivity (Wildman–Crippen MR) is 128 cm³/mol. The number of nitrogens with one attached hydrogen (secondary N) is 2. The highest BCUT2D eigenvalue weighted by atomic mass is 16.6. The van der Waals surface area contributed by atoms with E-state index in [1.807, 2.05) is 4.90 Å². The maximum absolute atomic E-state index is 13.5. The van der Waals surface area contributed by atoms with Gasteiger partial charge in [0.1, 0.15) is 19.8 Å². The van der Waals surface area contributed by atoms with Gasteiger partial charge in [-0.3, -0.25) is 19.0 Å². The number of morpholine rings is 1. The minimum absolute atomic E-state index is 0.251. The van der Waals surface area contributed by atoms with Crippen molar-refractivity contribution in [2.24, 2.45) is 0 Å². The van der Waals surface area contributed by atoms with E-state index in [-0.39, 0.29) is 23.8 Å². The molecule has 5 rings (SSSR count). The van der Waals surface area contributed by atoms with E-state index in [0.29, 0.717) is 73.3 Å². The van der Waals surface area contributed by atoms with Gasteiger partial charge in [0, 0.05) is 43.5 Å². The fourth-order valence-electron chi connectivity index (χ4n) is 4.13. The van der Waals surface area contributed by atoms with E-state index in [1.54, 1.807) is 36.4 Å². The van der Waals surface area contributed by atoms with Crippen molar-refractivity contribution in [2.45, 2.75) is 6.54 Å². The van der Waals surface area contributed by atoms with Crippen LogP contribution in [-0.4, -0.2) is 67.9 Å². The van der Waals surface area contributed by atoms with Crippen LogP contribution in [0.3, 0.4) is 0 Å². The van der Waals surface area contributed by atoms with Crippen LogP contribution in [0.5, 0.6) is 11.5 Å². The molecule has 0 aliphatic carbocycles. The fraction of sp³-hybridized carbons (Fsp3) is 0.333. The van der Waals surface area contributed by atoms with E-state index < -0.39 is 5.91 Å². The maximum Gasteiger partial charge on any atom is 0.294 e. The third-order valence-electron chi connectivity index (χ3n) is 5.84. The zero-order chi connectivity index (χ0) is 24.4. The molecule has 2 aliphatic rings. The second-order valence-electron chi connectivity index (χ2n) is 8.12. The third-order valence-corrected chi connectivity index (χ3v) is 5.84. The third kappa shape index (κ3) is 4.62. The number of hydrogen-bond donors (Lipinski definition) is 2. The molecule has 182 valence electrons. The van der Waals surface area contributed by atoms with Gasteiger partial charge in [0.05, 0.1) is 24.2 Å². The van der Waals surface area contributed by atoms with Gasteiger partial charge in [0.2, 0.25) is 5.91 Å². The predicted octanol–water partition coefficient (Wildman–Crippen LogP) is 1.00. The molecule has 0 unspecified atom stereocenters. The van der Waals surface area contributed by atoms with Crippen molar-refractivity contribution in [3.8, 4) is 11.5 Å². The molecule has 2 aliphatic heterocycles. The summed E-state index contributed by atoms with van der Waals surface area (Å²) >= 11 is 0. The van der Waals surface area contributed by atoms with Crippen LogP contribution in [0, 0.1) is 0 Å². The smallest absolute Gasteiger partial charge is 0.294 e. The monoisotopic (exact) mass is 479 g/mol. The van der Waals surface area contributed by atoms with Crippen LogP contribution in [0.1, 0.15) is 10.4 Å². The molecular formula is C24H25N5O6. The minimum atomic E-state index is -0.420. The van der Waals surface area contributed by atoms with Crippen LogP contribution in [0.25, 0.3) is 11.0 Å². The highest BCUT2D eigenvalue weighted by Gasteiger charge is 2.23. The van der Waals surface area contributed by atoms with Gasteiger partial charge >= 0.3 is 0 Å². The van der Waals surface area contributed by atoms with E-state index in [2.05, 4.69) is 15.6 Å². The molecule has 35 heavy (non-hydrogen) atoms. The molecule has 0 saturated carbocycles. The van der Waals surface area contributed by atoms with Gasteiger partial charge in [0.25, 0.3) is 11.5 Å². The second-order valence-corrected chi connectivity index (χ2v) is 8.12. The second kappa shape index (κ2) is 9.63. The molecule has 3 aromatic rings. The Hall–Kier alpha value is -4.12. The first-order valence-corrected chi connectivity index (χ1v) is 11.3. The van der Waals surface area contributed by atoms with Crippen LogP contribution in [0.2, 0.25) is 0 Å². The number of nitrogens with zero attached hydrogens (tertiary/aromatic N) is 3. The molecule has 1 saturated heterocycles.